The number of urea groups is 1. The Labute approximate surface area is 158 Å². The average Bonchev–Trinajstić information content (AvgIpc) is 2.67. The van der Waals surface area contributed by atoms with Gasteiger partial charge >= 0.3 is 6.03 Å². The van der Waals surface area contributed by atoms with Crippen LogP contribution in [0.2, 0.25) is 5.02 Å². The molecule has 1 saturated heterocycles. The standard InChI is InChI=1S/C19H22ClN5O/c1-14-3-2-6-22-18(14)23-9-11-24(12-10-23)19(26)25-8-7-21-16-13-15(20)4-5-17(16)25/h2-6,13,21H,7-12H2,1H3. The molecule has 1 N–H and O–H groups in total. The second-order valence-electron chi connectivity index (χ2n) is 6.64. The molecule has 0 bridgehead atoms. The van der Waals surface area contributed by atoms with Crippen LogP contribution in [0.1, 0.15) is 5.56 Å². The number of benzene rings is 1. The molecule has 1 fully saturated rings. The summed E-state index contributed by atoms with van der Waals surface area (Å²) in [5, 5.41) is 3.98. The molecule has 2 aliphatic rings. The molecule has 0 saturated carbocycles. The zero-order valence-corrected chi connectivity index (χ0v) is 15.5. The Morgan fingerprint density at radius 2 is 1.96 bits per heavy atom. The molecule has 6 nitrogen and oxygen atoms in total. The van der Waals surface area contributed by atoms with E-state index in [1.54, 1.807) is 0 Å². The van der Waals surface area contributed by atoms with Gasteiger partial charge in [-0.2, -0.15) is 0 Å². The van der Waals surface area contributed by atoms with Crippen molar-refractivity contribution in [2.24, 2.45) is 0 Å². The highest BCUT2D eigenvalue weighted by molar-refractivity contribution is 6.31. The first kappa shape index (κ1) is 17.0. The highest BCUT2D eigenvalue weighted by Gasteiger charge is 2.29. The monoisotopic (exact) mass is 371 g/mol. The van der Waals surface area contributed by atoms with Crippen LogP contribution in [0.4, 0.5) is 22.0 Å². The van der Waals surface area contributed by atoms with Crippen molar-refractivity contribution in [1.29, 1.82) is 0 Å². The first-order valence-corrected chi connectivity index (χ1v) is 9.28. The summed E-state index contributed by atoms with van der Waals surface area (Å²) in [5.74, 6) is 1.02. The van der Waals surface area contributed by atoms with E-state index in [1.165, 1.54) is 5.56 Å². The fraction of sp³-hybridized carbons (Fsp3) is 0.368. The number of rotatable bonds is 1. The summed E-state index contributed by atoms with van der Waals surface area (Å²) in [6.07, 6.45) is 1.82. The minimum atomic E-state index is 0.0625. The molecular weight excluding hydrogens is 350 g/mol. The third-order valence-electron chi connectivity index (χ3n) is 4.96. The van der Waals surface area contributed by atoms with Gasteiger partial charge in [0.05, 0.1) is 11.4 Å². The van der Waals surface area contributed by atoms with Crippen molar-refractivity contribution in [2.75, 3.05) is 54.4 Å². The predicted octanol–water partition coefficient (Wildman–Crippen LogP) is 3.22. The quantitative estimate of drug-likeness (QED) is 0.836. The van der Waals surface area contributed by atoms with E-state index in [4.69, 9.17) is 11.6 Å². The minimum Gasteiger partial charge on any atom is -0.382 e. The Bertz CT molecular complexity index is 819. The molecule has 1 aromatic carbocycles. The smallest absolute Gasteiger partial charge is 0.324 e. The van der Waals surface area contributed by atoms with Gasteiger partial charge in [-0.05, 0) is 36.8 Å². The second-order valence-corrected chi connectivity index (χ2v) is 7.08. The third-order valence-corrected chi connectivity index (χ3v) is 5.20. The lowest BCUT2D eigenvalue weighted by Gasteiger charge is -2.40. The van der Waals surface area contributed by atoms with E-state index in [0.29, 0.717) is 24.7 Å². The van der Waals surface area contributed by atoms with Gasteiger partial charge < -0.3 is 15.1 Å². The van der Waals surface area contributed by atoms with Gasteiger partial charge in [0.15, 0.2) is 0 Å². The van der Waals surface area contributed by atoms with Crippen LogP contribution in [0, 0.1) is 6.92 Å². The molecule has 0 spiro atoms. The van der Waals surface area contributed by atoms with Gasteiger partial charge in [0, 0.05) is 50.5 Å². The van der Waals surface area contributed by atoms with Crippen molar-refractivity contribution in [2.45, 2.75) is 6.92 Å². The van der Waals surface area contributed by atoms with Gasteiger partial charge in [0.1, 0.15) is 5.82 Å². The summed E-state index contributed by atoms with van der Waals surface area (Å²) in [4.78, 5) is 23.6. The highest BCUT2D eigenvalue weighted by atomic mass is 35.5. The Morgan fingerprint density at radius 3 is 2.73 bits per heavy atom. The summed E-state index contributed by atoms with van der Waals surface area (Å²) >= 11 is 6.07. The van der Waals surface area contributed by atoms with Crippen molar-refractivity contribution in [3.05, 3.63) is 47.1 Å². The van der Waals surface area contributed by atoms with Crippen LogP contribution in [0.15, 0.2) is 36.5 Å². The van der Waals surface area contributed by atoms with Gasteiger partial charge in [-0.3, -0.25) is 4.90 Å². The van der Waals surface area contributed by atoms with E-state index in [1.807, 2.05) is 40.3 Å². The van der Waals surface area contributed by atoms with Gasteiger partial charge in [-0.1, -0.05) is 17.7 Å². The SMILES string of the molecule is Cc1cccnc1N1CCN(C(=O)N2CCNc3cc(Cl)ccc32)CC1. The van der Waals surface area contributed by atoms with Gasteiger partial charge in [-0.25, -0.2) is 9.78 Å². The topological polar surface area (TPSA) is 51.7 Å². The molecule has 136 valence electrons. The van der Waals surface area contributed by atoms with E-state index in [0.717, 1.165) is 36.8 Å². The number of hydrogen-bond donors (Lipinski definition) is 1. The number of hydrogen-bond acceptors (Lipinski definition) is 4. The molecule has 1 aromatic heterocycles. The van der Waals surface area contributed by atoms with Gasteiger partial charge in [-0.15, -0.1) is 0 Å². The average molecular weight is 372 g/mol. The van der Waals surface area contributed by atoms with Crippen molar-refractivity contribution < 1.29 is 4.79 Å². The molecule has 0 atom stereocenters. The first-order chi connectivity index (χ1) is 12.6. The second kappa shape index (κ2) is 7.03. The molecule has 7 heteroatoms. The molecule has 2 amide bonds. The van der Waals surface area contributed by atoms with E-state index in [-0.39, 0.29) is 6.03 Å². The lowest BCUT2D eigenvalue weighted by Crippen LogP contribution is -2.54. The molecule has 0 unspecified atom stereocenters. The fourth-order valence-corrected chi connectivity index (χ4v) is 3.77. The number of nitrogens with one attached hydrogen (secondary N) is 1. The number of carbonyl (C=O) groups is 1. The van der Waals surface area contributed by atoms with Crippen LogP contribution < -0.4 is 15.1 Å². The Kier molecular flexibility index (Phi) is 4.59. The molecular formula is C19H22ClN5O. The van der Waals surface area contributed by atoms with Crippen LogP contribution in [-0.4, -0.2) is 55.2 Å². The summed E-state index contributed by atoms with van der Waals surface area (Å²) in [7, 11) is 0. The lowest BCUT2D eigenvalue weighted by atomic mass is 10.2. The Morgan fingerprint density at radius 1 is 1.15 bits per heavy atom. The van der Waals surface area contributed by atoms with Crippen molar-refractivity contribution >= 4 is 34.8 Å². The van der Waals surface area contributed by atoms with Crippen LogP contribution in [-0.2, 0) is 0 Å². The van der Waals surface area contributed by atoms with Crippen LogP contribution in [0.25, 0.3) is 0 Å². The molecule has 0 aliphatic carbocycles. The molecule has 0 radical (unpaired) electrons. The molecule has 2 aromatic rings. The summed E-state index contributed by atoms with van der Waals surface area (Å²) in [6, 6.07) is 9.70. The van der Waals surface area contributed by atoms with Gasteiger partial charge in [0.2, 0.25) is 0 Å². The van der Waals surface area contributed by atoms with Crippen molar-refractivity contribution in [3.8, 4) is 0 Å². The number of fused-ring (bicyclic) bond motifs is 1. The van der Waals surface area contributed by atoms with Gasteiger partial charge in [0.25, 0.3) is 0 Å². The maximum Gasteiger partial charge on any atom is 0.324 e. The number of nitrogens with zero attached hydrogens (tertiary/aromatic N) is 4. The number of piperazine rings is 1. The first-order valence-electron chi connectivity index (χ1n) is 8.90. The zero-order chi connectivity index (χ0) is 18.1. The normalized spacial score (nSPS) is 16.9. The number of pyridine rings is 1. The maximum atomic E-state index is 13.1. The van der Waals surface area contributed by atoms with E-state index < -0.39 is 0 Å². The molecule has 3 heterocycles. The summed E-state index contributed by atoms with van der Waals surface area (Å²) in [6.45, 7) is 6.44. The number of aryl methyl sites for hydroxylation is 1. The molecule has 26 heavy (non-hydrogen) atoms. The van der Waals surface area contributed by atoms with Crippen LogP contribution in [0.5, 0.6) is 0 Å². The van der Waals surface area contributed by atoms with Crippen molar-refractivity contribution in [1.82, 2.24) is 9.88 Å². The van der Waals surface area contributed by atoms with E-state index in [2.05, 4.69) is 28.2 Å². The predicted molar refractivity (Wildman–Crippen MR) is 105 cm³/mol. The summed E-state index contributed by atoms with van der Waals surface area (Å²) in [5.41, 5.74) is 2.98. The fourth-order valence-electron chi connectivity index (χ4n) is 3.60. The zero-order valence-electron chi connectivity index (χ0n) is 14.8. The molecule has 4 rings (SSSR count). The number of halogens is 1. The minimum absolute atomic E-state index is 0.0625. The largest absolute Gasteiger partial charge is 0.382 e. The van der Waals surface area contributed by atoms with Crippen molar-refractivity contribution in [3.63, 3.8) is 0 Å². The highest BCUT2D eigenvalue weighted by Crippen LogP contribution is 2.32. The van der Waals surface area contributed by atoms with Crippen LogP contribution in [0.3, 0.4) is 0 Å². The number of anilines is 3. The summed E-state index contributed by atoms with van der Waals surface area (Å²) < 4.78 is 0. The van der Waals surface area contributed by atoms with Crippen LogP contribution >= 0.6 is 11.6 Å². The maximum absolute atomic E-state index is 13.1. The lowest BCUT2D eigenvalue weighted by molar-refractivity contribution is 0.201. The number of amides is 2. The number of carbonyl (C=O) groups excluding carboxylic acids is 1. The molecule has 2 aliphatic heterocycles. The van der Waals surface area contributed by atoms with E-state index >= 15 is 0 Å². The Balaban J connectivity index is 1.46. The Hall–Kier alpha value is -2.47. The van der Waals surface area contributed by atoms with E-state index in [9.17, 15) is 4.79 Å². The third kappa shape index (κ3) is 3.17. The number of aromatic nitrogens is 1.